The van der Waals surface area contributed by atoms with Gasteiger partial charge in [0.05, 0.1) is 5.54 Å². The Morgan fingerprint density at radius 2 is 2.17 bits per heavy atom. The minimum absolute atomic E-state index is 0.0469. The molecule has 1 aliphatic rings. The fraction of sp³-hybridized carbons (Fsp3) is 0.889. The number of carbonyl (C=O) groups excluding carboxylic acids is 1. The van der Waals surface area contributed by atoms with Crippen LogP contribution in [0.5, 0.6) is 0 Å². The van der Waals surface area contributed by atoms with Crippen molar-refractivity contribution in [3.05, 3.63) is 0 Å². The zero-order chi connectivity index (χ0) is 9.19. The highest BCUT2D eigenvalue weighted by Crippen LogP contribution is 2.25. The zero-order valence-corrected chi connectivity index (χ0v) is 7.89. The number of nitrogens with one attached hydrogen (secondary N) is 1. The molecule has 0 aromatic carbocycles. The molecule has 70 valence electrons. The molecule has 3 nitrogen and oxygen atoms in total. The lowest BCUT2D eigenvalue weighted by Gasteiger charge is -2.27. The molecule has 0 heterocycles. The second-order valence-electron chi connectivity index (χ2n) is 4.23. The van der Waals surface area contributed by atoms with Crippen molar-refractivity contribution in [1.29, 1.82) is 0 Å². The fourth-order valence-electron chi connectivity index (χ4n) is 1.16. The number of rotatable bonds is 3. The van der Waals surface area contributed by atoms with Gasteiger partial charge in [0.25, 0.3) is 0 Å². The third-order valence-corrected chi connectivity index (χ3v) is 2.36. The van der Waals surface area contributed by atoms with Gasteiger partial charge in [-0.3, -0.25) is 4.79 Å². The Kier molecular flexibility index (Phi) is 2.73. The van der Waals surface area contributed by atoms with Crippen LogP contribution in [0.15, 0.2) is 0 Å². The molecule has 0 unspecified atom stereocenters. The van der Waals surface area contributed by atoms with Gasteiger partial charge in [-0.25, -0.2) is 0 Å². The first-order chi connectivity index (χ1) is 5.50. The highest BCUT2D eigenvalue weighted by Gasteiger charge is 2.24. The number of hydrogen-bond donors (Lipinski definition) is 2. The molecule has 1 fully saturated rings. The molecular weight excluding hydrogens is 152 g/mol. The van der Waals surface area contributed by atoms with Crippen LogP contribution >= 0.6 is 0 Å². The molecule has 0 aromatic rings. The van der Waals surface area contributed by atoms with Gasteiger partial charge >= 0.3 is 0 Å². The number of nitrogens with two attached hydrogens (primary N) is 1. The molecule has 1 saturated carbocycles. The molecule has 3 heteroatoms. The molecule has 12 heavy (non-hydrogen) atoms. The SMILES string of the molecule is CC(C)(N)C(=O)NCC1CCC1. The molecule has 1 aliphatic carbocycles. The lowest BCUT2D eigenvalue weighted by molar-refractivity contribution is -0.125. The van der Waals surface area contributed by atoms with Crippen molar-refractivity contribution in [2.24, 2.45) is 11.7 Å². The Bertz CT molecular complexity index is 168. The van der Waals surface area contributed by atoms with Crippen LogP contribution in [0.1, 0.15) is 33.1 Å². The van der Waals surface area contributed by atoms with Gasteiger partial charge in [0.15, 0.2) is 0 Å². The molecular formula is C9H18N2O. The molecule has 0 aliphatic heterocycles. The van der Waals surface area contributed by atoms with Crippen molar-refractivity contribution in [1.82, 2.24) is 5.32 Å². The summed E-state index contributed by atoms with van der Waals surface area (Å²) in [6.07, 6.45) is 3.82. The van der Waals surface area contributed by atoms with E-state index in [1.54, 1.807) is 13.8 Å². The summed E-state index contributed by atoms with van der Waals surface area (Å²) in [4.78, 5) is 11.3. The lowest BCUT2D eigenvalue weighted by atomic mass is 9.85. The van der Waals surface area contributed by atoms with Crippen LogP contribution in [-0.4, -0.2) is 18.0 Å². The van der Waals surface area contributed by atoms with E-state index in [9.17, 15) is 4.79 Å². The average Bonchev–Trinajstić information content (AvgIpc) is 1.81. The normalized spacial score (nSPS) is 18.6. The van der Waals surface area contributed by atoms with Crippen molar-refractivity contribution in [2.45, 2.75) is 38.6 Å². The molecule has 0 atom stereocenters. The third kappa shape index (κ3) is 2.48. The summed E-state index contributed by atoms with van der Waals surface area (Å²) in [5, 5.41) is 2.86. The zero-order valence-electron chi connectivity index (χ0n) is 7.89. The van der Waals surface area contributed by atoms with Gasteiger partial charge in [-0.2, -0.15) is 0 Å². The third-order valence-electron chi connectivity index (χ3n) is 2.36. The first kappa shape index (κ1) is 9.52. The van der Waals surface area contributed by atoms with Crippen molar-refractivity contribution < 1.29 is 4.79 Å². The minimum Gasteiger partial charge on any atom is -0.354 e. The van der Waals surface area contributed by atoms with E-state index in [1.807, 2.05) is 0 Å². The summed E-state index contributed by atoms with van der Waals surface area (Å²) in [7, 11) is 0. The highest BCUT2D eigenvalue weighted by molar-refractivity contribution is 5.84. The maximum atomic E-state index is 11.3. The topological polar surface area (TPSA) is 55.1 Å². The fourth-order valence-corrected chi connectivity index (χ4v) is 1.16. The van der Waals surface area contributed by atoms with E-state index >= 15 is 0 Å². The molecule has 0 radical (unpaired) electrons. The molecule has 1 amide bonds. The summed E-state index contributed by atoms with van der Waals surface area (Å²) in [6.45, 7) is 4.26. The second kappa shape index (κ2) is 3.44. The monoisotopic (exact) mass is 170 g/mol. The van der Waals surface area contributed by atoms with Gasteiger partial charge in [0, 0.05) is 6.54 Å². The van der Waals surface area contributed by atoms with Gasteiger partial charge in [-0.1, -0.05) is 6.42 Å². The summed E-state index contributed by atoms with van der Waals surface area (Å²) >= 11 is 0. The Morgan fingerprint density at radius 3 is 2.50 bits per heavy atom. The summed E-state index contributed by atoms with van der Waals surface area (Å²) in [5.41, 5.74) is 4.88. The van der Waals surface area contributed by atoms with Crippen LogP contribution < -0.4 is 11.1 Å². The van der Waals surface area contributed by atoms with Gasteiger partial charge in [0.2, 0.25) is 5.91 Å². The van der Waals surface area contributed by atoms with E-state index in [0.717, 1.165) is 6.54 Å². The Hall–Kier alpha value is -0.570. The molecule has 0 spiro atoms. The maximum Gasteiger partial charge on any atom is 0.239 e. The molecule has 0 aromatic heterocycles. The molecule has 1 rings (SSSR count). The Balaban J connectivity index is 2.17. The largest absolute Gasteiger partial charge is 0.354 e. The van der Waals surface area contributed by atoms with E-state index in [0.29, 0.717) is 5.92 Å². The first-order valence-corrected chi connectivity index (χ1v) is 4.57. The molecule has 0 bridgehead atoms. The number of hydrogen-bond acceptors (Lipinski definition) is 2. The minimum atomic E-state index is -0.732. The smallest absolute Gasteiger partial charge is 0.239 e. The van der Waals surface area contributed by atoms with Crippen LogP contribution in [0.4, 0.5) is 0 Å². The Labute approximate surface area is 73.7 Å². The van der Waals surface area contributed by atoms with Crippen LogP contribution in [0.3, 0.4) is 0 Å². The highest BCUT2D eigenvalue weighted by atomic mass is 16.2. The van der Waals surface area contributed by atoms with E-state index < -0.39 is 5.54 Å². The van der Waals surface area contributed by atoms with Crippen LogP contribution in [0, 0.1) is 5.92 Å². The maximum absolute atomic E-state index is 11.3. The molecule has 3 N–H and O–H groups in total. The van der Waals surface area contributed by atoms with Crippen LogP contribution in [0.2, 0.25) is 0 Å². The predicted octanol–water partition coefficient (Wildman–Crippen LogP) is 0.640. The van der Waals surface area contributed by atoms with E-state index in [2.05, 4.69) is 5.32 Å². The Morgan fingerprint density at radius 1 is 1.58 bits per heavy atom. The van der Waals surface area contributed by atoms with Crippen molar-refractivity contribution in [2.75, 3.05) is 6.54 Å². The summed E-state index contributed by atoms with van der Waals surface area (Å²) in [6, 6.07) is 0. The summed E-state index contributed by atoms with van der Waals surface area (Å²) < 4.78 is 0. The van der Waals surface area contributed by atoms with E-state index in [1.165, 1.54) is 19.3 Å². The first-order valence-electron chi connectivity index (χ1n) is 4.57. The number of carbonyl (C=O) groups is 1. The van der Waals surface area contributed by atoms with Crippen LogP contribution in [-0.2, 0) is 4.79 Å². The van der Waals surface area contributed by atoms with E-state index in [-0.39, 0.29) is 5.91 Å². The lowest BCUT2D eigenvalue weighted by Crippen LogP contribution is -2.50. The van der Waals surface area contributed by atoms with Crippen molar-refractivity contribution in [3.8, 4) is 0 Å². The van der Waals surface area contributed by atoms with Gasteiger partial charge in [-0.15, -0.1) is 0 Å². The van der Waals surface area contributed by atoms with Crippen molar-refractivity contribution >= 4 is 5.91 Å². The van der Waals surface area contributed by atoms with E-state index in [4.69, 9.17) is 5.73 Å². The number of amides is 1. The van der Waals surface area contributed by atoms with Gasteiger partial charge in [0.1, 0.15) is 0 Å². The van der Waals surface area contributed by atoms with Crippen molar-refractivity contribution in [3.63, 3.8) is 0 Å². The standard InChI is InChI=1S/C9H18N2O/c1-9(2,10)8(12)11-6-7-4-3-5-7/h7H,3-6,10H2,1-2H3,(H,11,12). The predicted molar refractivity (Wildman–Crippen MR) is 48.6 cm³/mol. The van der Waals surface area contributed by atoms with Gasteiger partial charge in [-0.05, 0) is 32.6 Å². The van der Waals surface area contributed by atoms with Crippen LogP contribution in [0.25, 0.3) is 0 Å². The average molecular weight is 170 g/mol. The molecule has 0 saturated heterocycles. The van der Waals surface area contributed by atoms with Gasteiger partial charge < -0.3 is 11.1 Å². The quantitative estimate of drug-likeness (QED) is 0.653. The second-order valence-corrected chi connectivity index (χ2v) is 4.23. The summed E-state index contributed by atoms with van der Waals surface area (Å²) in [5.74, 6) is 0.658.